The highest BCUT2D eigenvalue weighted by atomic mass is 19.1. The molecule has 0 radical (unpaired) electrons. The number of hydrogen-bond donors (Lipinski definition) is 1. The van der Waals surface area contributed by atoms with Crippen molar-refractivity contribution in [3.63, 3.8) is 0 Å². The molecule has 4 nitrogen and oxygen atoms in total. The van der Waals surface area contributed by atoms with E-state index in [0.717, 1.165) is 0 Å². The summed E-state index contributed by atoms with van der Waals surface area (Å²) >= 11 is 0. The molecule has 118 valence electrons. The molecular weight excluding hydrogens is 300 g/mol. The molecule has 0 unspecified atom stereocenters. The molecule has 0 bridgehead atoms. The summed E-state index contributed by atoms with van der Waals surface area (Å²) in [6, 6.07) is 8.76. The monoisotopic (exact) mass is 315 g/mol. The molecule has 1 heterocycles. The largest absolute Gasteiger partial charge is 0.339 e. The lowest BCUT2D eigenvalue weighted by Crippen LogP contribution is -2.07. The maximum atomic E-state index is 14.3. The van der Waals surface area contributed by atoms with E-state index in [-0.39, 0.29) is 11.4 Å². The molecular formula is C17H15F2N3O. The molecule has 1 atom stereocenters. The van der Waals surface area contributed by atoms with Crippen molar-refractivity contribution in [2.24, 2.45) is 5.73 Å². The molecule has 0 saturated carbocycles. The van der Waals surface area contributed by atoms with Crippen LogP contribution in [0.3, 0.4) is 0 Å². The van der Waals surface area contributed by atoms with E-state index in [9.17, 15) is 8.78 Å². The van der Waals surface area contributed by atoms with Crippen molar-refractivity contribution in [2.75, 3.05) is 0 Å². The van der Waals surface area contributed by atoms with Crippen LogP contribution in [0.2, 0.25) is 0 Å². The van der Waals surface area contributed by atoms with Crippen molar-refractivity contribution in [1.29, 1.82) is 0 Å². The average Bonchev–Trinajstić information content (AvgIpc) is 2.92. The van der Waals surface area contributed by atoms with Crippen LogP contribution in [-0.4, -0.2) is 10.1 Å². The fourth-order valence-electron chi connectivity index (χ4n) is 2.46. The first-order valence-electron chi connectivity index (χ1n) is 7.12. The maximum absolute atomic E-state index is 14.3. The van der Waals surface area contributed by atoms with E-state index in [1.807, 2.05) is 0 Å². The Morgan fingerprint density at radius 3 is 2.52 bits per heavy atom. The first kappa shape index (κ1) is 15.3. The highest BCUT2D eigenvalue weighted by Gasteiger charge is 2.18. The predicted octanol–water partition coefficient (Wildman–Crippen LogP) is 4.01. The zero-order valence-electron chi connectivity index (χ0n) is 12.7. The number of halogens is 2. The summed E-state index contributed by atoms with van der Waals surface area (Å²) in [5, 5.41) is 3.76. The number of nitrogens with two attached hydrogens (primary N) is 1. The highest BCUT2D eigenvalue weighted by Crippen LogP contribution is 2.34. The molecule has 2 N–H and O–H groups in total. The van der Waals surface area contributed by atoms with E-state index >= 15 is 0 Å². The molecule has 1 aromatic heterocycles. The van der Waals surface area contributed by atoms with Crippen LogP contribution in [0.4, 0.5) is 8.78 Å². The molecule has 2 aromatic carbocycles. The topological polar surface area (TPSA) is 64.9 Å². The summed E-state index contributed by atoms with van der Waals surface area (Å²) < 4.78 is 33.4. The second-order valence-corrected chi connectivity index (χ2v) is 5.32. The van der Waals surface area contributed by atoms with Gasteiger partial charge in [0.15, 0.2) is 0 Å². The predicted molar refractivity (Wildman–Crippen MR) is 82.4 cm³/mol. The summed E-state index contributed by atoms with van der Waals surface area (Å²) in [7, 11) is 0. The van der Waals surface area contributed by atoms with Crippen molar-refractivity contribution >= 4 is 0 Å². The minimum absolute atomic E-state index is 0.132. The van der Waals surface area contributed by atoms with E-state index in [4.69, 9.17) is 10.3 Å². The van der Waals surface area contributed by atoms with Crippen LogP contribution in [0, 0.1) is 18.6 Å². The Bertz CT molecular complexity index is 859. The Morgan fingerprint density at radius 1 is 1.13 bits per heavy atom. The highest BCUT2D eigenvalue weighted by molar-refractivity contribution is 5.81. The van der Waals surface area contributed by atoms with E-state index in [1.165, 1.54) is 12.1 Å². The third-order valence-corrected chi connectivity index (χ3v) is 3.57. The van der Waals surface area contributed by atoms with Crippen LogP contribution >= 0.6 is 0 Å². The Balaban J connectivity index is 2.18. The van der Waals surface area contributed by atoms with Gasteiger partial charge in [-0.3, -0.25) is 0 Å². The van der Waals surface area contributed by atoms with E-state index in [2.05, 4.69) is 10.1 Å². The third-order valence-electron chi connectivity index (χ3n) is 3.57. The number of aryl methyl sites for hydroxylation is 1. The number of nitrogens with zero attached hydrogens (tertiary/aromatic N) is 2. The van der Waals surface area contributed by atoms with Gasteiger partial charge in [-0.25, -0.2) is 8.78 Å². The summed E-state index contributed by atoms with van der Waals surface area (Å²) in [6.45, 7) is 3.32. The second kappa shape index (κ2) is 5.89. The molecule has 0 spiro atoms. The number of rotatable bonds is 3. The van der Waals surface area contributed by atoms with Crippen LogP contribution in [0.25, 0.3) is 22.5 Å². The molecule has 23 heavy (non-hydrogen) atoms. The van der Waals surface area contributed by atoms with Crippen LogP contribution in [0.1, 0.15) is 24.4 Å². The lowest BCUT2D eigenvalue weighted by Gasteiger charge is -2.11. The molecule has 0 aliphatic carbocycles. The molecule has 0 aliphatic rings. The van der Waals surface area contributed by atoms with Crippen molar-refractivity contribution in [3.05, 3.63) is 59.5 Å². The number of hydrogen-bond acceptors (Lipinski definition) is 4. The van der Waals surface area contributed by atoms with Crippen LogP contribution < -0.4 is 5.73 Å². The van der Waals surface area contributed by atoms with Gasteiger partial charge in [0.1, 0.15) is 11.6 Å². The molecule has 0 fully saturated rings. The van der Waals surface area contributed by atoms with E-state index < -0.39 is 17.7 Å². The van der Waals surface area contributed by atoms with Gasteiger partial charge in [0.25, 0.3) is 0 Å². The van der Waals surface area contributed by atoms with Gasteiger partial charge < -0.3 is 10.3 Å². The van der Waals surface area contributed by atoms with Crippen molar-refractivity contribution in [3.8, 4) is 22.5 Å². The minimum Gasteiger partial charge on any atom is -0.339 e. The van der Waals surface area contributed by atoms with Gasteiger partial charge in [0.2, 0.25) is 11.7 Å². The van der Waals surface area contributed by atoms with Crippen molar-refractivity contribution < 1.29 is 13.3 Å². The Hall–Kier alpha value is -2.60. The Morgan fingerprint density at radius 2 is 1.91 bits per heavy atom. The van der Waals surface area contributed by atoms with Gasteiger partial charge in [-0.05, 0) is 30.2 Å². The molecule has 3 rings (SSSR count). The standard InChI is InChI=1S/C17H15F2N3O/c1-9(20)12-7-6-11(8-15(12)19)13-4-3-5-14(18)16(13)17-21-10(2)23-22-17/h3-9H,20H2,1-2H3/t9-/m1/s1. The summed E-state index contributed by atoms with van der Waals surface area (Å²) in [4.78, 5) is 4.06. The fourth-order valence-corrected chi connectivity index (χ4v) is 2.46. The summed E-state index contributed by atoms with van der Waals surface area (Å²) in [6.07, 6.45) is 0. The second-order valence-electron chi connectivity index (χ2n) is 5.32. The van der Waals surface area contributed by atoms with Gasteiger partial charge in [-0.15, -0.1) is 0 Å². The molecule has 6 heteroatoms. The molecule has 0 saturated heterocycles. The maximum Gasteiger partial charge on any atom is 0.223 e. The van der Waals surface area contributed by atoms with Gasteiger partial charge in [-0.1, -0.05) is 29.4 Å². The lowest BCUT2D eigenvalue weighted by molar-refractivity contribution is 0.394. The van der Waals surface area contributed by atoms with Gasteiger partial charge in [0.05, 0.1) is 5.56 Å². The molecule has 0 aliphatic heterocycles. The first-order chi connectivity index (χ1) is 11.0. The van der Waals surface area contributed by atoms with Crippen LogP contribution in [-0.2, 0) is 0 Å². The van der Waals surface area contributed by atoms with Crippen molar-refractivity contribution in [2.45, 2.75) is 19.9 Å². The Kier molecular flexibility index (Phi) is 3.92. The van der Waals surface area contributed by atoms with Gasteiger partial charge in [-0.2, -0.15) is 4.98 Å². The number of benzene rings is 2. The zero-order valence-corrected chi connectivity index (χ0v) is 12.7. The van der Waals surface area contributed by atoms with Gasteiger partial charge >= 0.3 is 0 Å². The minimum atomic E-state index is -0.500. The Labute approximate surface area is 131 Å². The quantitative estimate of drug-likeness (QED) is 0.793. The summed E-state index contributed by atoms with van der Waals surface area (Å²) in [5.74, 6) is -0.475. The van der Waals surface area contributed by atoms with Crippen molar-refractivity contribution in [1.82, 2.24) is 10.1 Å². The molecule has 0 amide bonds. The van der Waals surface area contributed by atoms with Gasteiger partial charge in [0, 0.05) is 18.5 Å². The fraction of sp³-hybridized carbons (Fsp3) is 0.176. The van der Waals surface area contributed by atoms with E-state index in [1.54, 1.807) is 38.1 Å². The first-order valence-corrected chi connectivity index (χ1v) is 7.12. The molecule has 3 aromatic rings. The lowest BCUT2D eigenvalue weighted by atomic mass is 9.96. The number of aromatic nitrogens is 2. The van der Waals surface area contributed by atoms with Crippen LogP contribution in [0.15, 0.2) is 40.9 Å². The summed E-state index contributed by atoms with van der Waals surface area (Å²) in [5.41, 5.74) is 7.31. The third kappa shape index (κ3) is 2.85. The zero-order chi connectivity index (χ0) is 16.6. The van der Waals surface area contributed by atoms with Crippen LogP contribution in [0.5, 0.6) is 0 Å². The average molecular weight is 315 g/mol. The smallest absolute Gasteiger partial charge is 0.223 e. The SMILES string of the molecule is Cc1nc(-c2c(F)cccc2-c2ccc([C@@H](C)N)c(F)c2)no1. The van der Waals surface area contributed by atoms with E-state index in [0.29, 0.717) is 22.6 Å². The normalized spacial score (nSPS) is 12.4.